The van der Waals surface area contributed by atoms with Gasteiger partial charge in [-0.25, -0.2) is 0 Å². The van der Waals surface area contributed by atoms with E-state index in [0.717, 1.165) is 12.0 Å². The van der Waals surface area contributed by atoms with Gasteiger partial charge in [-0.3, -0.25) is 9.59 Å². The van der Waals surface area contributed by atoms with Crippen molar-refractivity contribution in [2.75, 3.05) is 13.6 Å². The first-order valence-electron chi connectivity index (χ1n) is 6.77. The maximum atomic E-state index is 12.0. The van der Waals surface area contributed by atoms with Gasteiger partial charge in [0, 0.05) is 20.0 Å². The highest BCUT2D eigenvalue weighted by Crippen LogP contribution is 2.06. The van der Waals surface area contributed by atoms with Crippen molar-refractivity contribution < 1.29 is 14.7 Å². The third-order valence-corrected chi connectivity index (χ3v) is 3.16. The van der Waals surface area contributed by atoms with Crippen LogP contribution >= 0.6 is 0 Å². The highest BCUT2D eigenvalue weighted by atomic mass is 16.4. The van der Waals surface area contributed by atoms with Gasteiger partial charge >= 0.3 is 5.97 Å². The van der Waals surface area contributed by atoms with Gasteiger partial charge in [-0.05, 0) is 24.8 Å². The van der Waals surface area contributed by atoms with Crippen molar-refractivity contribution >= 4 is 11.9 Å². The number of carboxylic acid groups (broad SMARTS) is 1. The number of carboxylic acids is 1. The normalized spacial score (nSPS) is 11.9. The lowest BCUT2D eigenvalue weighted by molar-refractivity contribution is -0.138. The van der Waals surface area contributed by atoms with Gasteiger partial charge in [-0.1, -0.05) is 30.3 Å². The van der Waals surface area contributed by atoms with Crippen LogP contribution in [0.25, 0.3) is 0 Å². The molecule has 0 aliphatic heterocycles. The van der Waals surface area contributed by atoms with Crippen molar-refractivity contribution in [2.24, 2.45) is 5.73 Å². The fraction of sp³-hybridized carbons (Fsp3) is 0.467. The van der Waals surface area contributed by atoms with E-state index in [-0.39, 0.29) is 12.3 Å². The summed E-state index contributed by atoms with van der Waals surface area (Å²) in [5, 5.41) is 8.56. The molecule has 1 atom stereocenters. The molecule has 0 aromatic heterocycles. The molecule has 0 spiro atoms. The number of benzene rings is 1. The van der Waals surface area contributed by atoms with Crippen molar-refractivity contribution in [1.29, 1.82) is 0 Å². The molecule has 1 unspecified atom stereocenters. The van der Waals surface area contributed by atoms with Gasteiger partial charge in [0.2, 0.25) is 5.91 Å². The number of likely N-dealkylation sites (N-methyl/N-ethyl adjacent to an activating group) is 1. The van der Waals surface area contributed by atoms with Crippen LogP contribution in [0.2, 0.25) is 0 Å². The molecule has 0 radical (unpaired) electrons. The second-order valence-corrected chi connectivity index (χ2v) is 4.89. The molecule has 1 aromatic carbocycles. The SMILES string of the molecule is CN(CCCC(=O)O)C(=O)C(N)CCc1ccccc1. The van der Waals surface area contributed by atoms with Gasteiger partial charge in [-0.15, -0.1) is 0 Å². The van der Waals surface area contributed by atoms with Crippen LogP contribution in [0, 0.1) is 0 Å². The lowest BCUT2D eigenvalue weighted by Crippen LogP contribution is -2.42. The predicted molar refractivity (Wildman–Crippen MR) is 77.2 cm³/mol. The van der Waals surface area contributed by atoms with Crippen molar-refractivity contribution in [2.45, 2.75) is 31.7 Å². The number of carbonyl (C=O) groups excluding carboxylic acids is 1. The average molecular weight is 278 g/mol. The Kier molecular flexibility index (Phi) is 6.73. The fourth-order valence-electron chi connectivity index (χ4n) is 1.95. The van der Waals surface area contributed by atoms with Crippen molar-refractivity contribution in [1.82, 2.24) is 4.90 Å². The molecule has 110 valence electrons. The third-order valence-electron chi connectivity index (χ3n) is 3.16. The van der Waals surface area contributed by atoms with E-state index < -0.39 is 12.0 Å². The van der Waals surface area contributed by atoms with Gasteiger partial charge in [0.15, 0.2) is 0 Å². The maximum absolute atomic E-state index is 12.0. The number of aliphatic carboxylic acids is 1. The molecular formula is C15H22N2O3. The summed E-state index contributed by atoms with van der Waals surface area (Å²) in [5.41, 5.74) is 7.05. The largest absolute Gasteiger partial charge is 0.481 e. The van der Waals surface area contributed by atoms with E-state index in [0.29, 0.717) is 19.4 Å². The highest BCUT2D eigenvalue weighted by Gasteiger charge is 2.17. The smallest absolute Gasteiger partial charge is 0.303 e. The van der Waals surface area contributed by atoms with Crippen molar-refractivity contribution in [3.05, 3.63) is 35.9 Å². The molecule has 1 amide bonds. The minimum atomic E-state index is -0.848. The number of nitrogens with zero attached hydrogens (tertiary/aromatic N) is 1. The Hall–Kier alpha value is -1.88. The number of rotatable bonds is 8. The summed E-state index contributed by atoms with van der Waals surface area (Å²) in [6.07, 6.45) is 1.86. The molecule has 20 heavy (non-hydrogen) atoms. The summed E-state index contributed by atoms with van der Waals surface area (Å²) < 4.78 is 0. The zero-order valence-corrected chi connectivity index (χ0v) is 11.8. The summed E-state index contributed by atoms with van der Waals surface area (Å²) in [5.74, 6) is -0.981. The number of aryl methyl sites for hydroxylation is 1. The van der Waals surface area contributed by atoms with E-state index in [2.05, 4.69) is 0 Å². The first-order chi connectivity index (χ1) is 9.50. The van der Waals surface area contributed by atoms with Gasteiger partial charge < -0.3 is 15.7 Å². The van der Waals surface area contributed by atoms with Crippen LogP contribution in [-0.2, 0) is 16.0 Å². The molecule has 0 bridgehead atoms. The second kappa shape index (κ2) is 8.32. The molecule has 5 nitrogen and oxygen atoms in total. The Morgan fingerprint density at radius 3 is 2.55 bits per heavy atom. The predicted octanol–water partition coefficient (Wildman–Crippen LogP) is 1.27. The van der Waals surface area contributed by atoms with Crippen LogP contribution in [0.4, 0.5) is 0 Å². The quantitative estimate of drug-likeness (QED) is 0.750. The lowest BCUT2D eigenvalue weighted by atomic mass is 10.0. The van der Waals surface area contributed by atoms with E-state index in [1.54, 1.807) is 7.05 Å². The van der Waals surface area contributed by atoms with Crippen molar-refractivity contribution in [3.8, 4) is 0 Å². The standard InChI is InChI=1S/C15H22N2O3/c1-17(11-5-8-14(18)19)15(20)13(16)10-9-12-6-3-2-4-7-12/h2-4,6-7,13H,5,8-11,16H2,1H3,(H,18,19). The Morgan fingerprint density at radius 1 is 1.30 bits per heavy atom. The number of carbonyl (C=O) groups is 2. The molecule has 3 N–H and O–H groups in total. The van der Waals surface area contributed by atoms with Gasteiger partial charge in [-0.2, -0.15) is 0 Å². The first-order valence-corrected chi connectivity index (χ1v) is 6.77. The van der Waals surface area contributed by atoms with Gasteiger partial charge in [0.25, 0.3) is 0 Å². The molecule has 0 fully saturated rings. The van der Waals surface area contributed by atoms with Gasteiger partial charge in [0.05, 0.1) is 6.04 Å². The summed E-state index contributed by atoms with van der Waals surface area (Å²) in [6.45, 7) is 0.421. The van der Waals surface area contributed by atoms with E-state index >= 15 is 0 Å². The van der Waals surface area contributed by atoms with Crippen LogP contribution in [0.3, 0.4) is 0 Å². The summed E-state index contributed by atoms with van der Waals surface area (Å²) in [4.78, 5) is 23.9. The molecule has 0 saturated heterocycles. The third kappa shape index (κ3) is 5.84. The van der Waals surface area contributed by atoms with Crippen LogP contribution in [0.1, 0.15) is 24.8 Å². The van der Waals surface area contributed by atoms with Crippen LogP contribution in [-0.4, -0.2) is 41.5 Å². The average Bonchev–Trinajstić information content (AvgIpc) is 2.44. The van der Waals surface area contributed by atoms with Crippen LogP contribution in [0.5, 0.6) is 0 Å². The second-order valence-electron chi connectivity index (χ2n) is 4.89. The Bertz CT molecular complexity index is 434. The zero-order valence-electron chi connectivity index (χ0n) is 11.8. The molecular weight excluding hydrogens is 256 g/mol. The van der Waals surface area contributed by atoms with E-state index in [1.807, 2.05) is 30.3 Å². The van der Waals surface area contributed by atoms with Crippen LogP contribution < -0.4 is 5.73 Å². The molecule has 1 rings (SSSR count). The Balaban J connectivity index is 2.32. The molecule has 0 aliphatic carbocycles. The number of nitrogens with two attached hydrogens (primary N) is 1. The number of amides is 1. The van der Waals surface area contributed by atoms with Crippen molar-refractivity contribution in [3.63, 3.8) is 0 Å². The van der Waals surface area contributed by atoms with E-state index in [4.69, 9.17) is 10.8 Å². The fourth-order valence-corrected chi connectivity index (χ4v) is 1.95. The van der Waals surface area contributed by atoms with E-state index in [9.17, 15) is 9.59 Å². The van der Waals surface area contributed by atoms with Gasteiger partial charge in [0.1, 0.15) is 0 Å². The monoisotopic (exact) mass is 278 g/mol. The number of hydrogen-bond donors (Lipinski definition) is 2. The minimum Gasteiger partial charge on any atom is -0.481 e. The topological polar surface area (TPSA) is 83.6 Å². The molecule has 0 heterocycles. The highest BCUT2D eigenvalue weighted by molar-refractivity contribution is 5.81. The minimum absolute atomic E-state index is 0.0663. The molecule has 5 heteroatoms. The first kappa shape index (κ1) is 16.2. The number of hydrogen-bond acceptors (Lipinski definition) is 3. The van der Waals surface area contributed by atoms with E-state index in [1.165, 1.54) is 4.90 Å². The molecule has 0 aliphatic rings. The molecule has 0 saturated carbocycles. The summed E-state index contributed by atoms with van der Waals surface area (Å²) in [6, 6.07) is 9.35. The Morgan fingerprint density at radius 2 is 1.95 bits per heavy atom. The maximum Gasteiger partial charge on any atom is 0.303 e. The summed E-state index contributed by atoms with van der Waals surface area (Å²) in [7, 11) is 1.66. The lowest BCUT2D eigenvalue weighted by Gasteiger charge is -2.21. The molecule has 1 aromatic rings. The van der Waals surface area contributed by atoms with Crippen LogP contribution in [0.15, 0.2) is 30.3 Å². The zero-order chi connectivity index (χ0) is 15.0. The Labute approximate surface area is 119 Å². The summed E-state index contributed by atoms with van der Waals surface area (Å²) >= 11 is 0.